The monoisotopic (exact) mass is 173 g/mol. The van der Waals surface area contributed by atoms with E-state index in [9.17, 15) is 0 Å². The van der Waals surface area contributed by atoms with Crippen molar-refractivity contribution in [2.45, 2.75) is 18.4 Å². The number of hydrogen-bond donors (Lipinski definition) is 1. The molecule has 66 valence electrons. The van der Waals surface area contributed by atoms with Gasteiger partial charge in [-0.05, 0) is 18.6 Å². The Balaban J connectivity index is 2.19. The summed E-state index contributed by atoms with van der Waals surface area (Å²) in [4.78, 5) is 4.32. The molecule has 0 amide bonds. The van der Waals surface area contributed by atoms with Gasteiger partial charge in [0.15, 0.2) is 0 Å². The lowest BCUT2D eigenvalue weighted by Crippen LogP contribution is -2.02. The Morgan fingerprint density at radius 3 is 3.08 bits per heavy atom. The van der Waals surface area contributed by atoms with Crippen molar-refractivity contribution in [3.63, 3.8) is 0 Å². The van der Waals surface area contributed by atoms with Crippen LogP contribution in [0.15, 0.2) is 30.6 Å². The zero-order valence-electron chi connectivity index (χ0n) is 7.22. The molecule has 3 nitrogen and oxygen atoms in total. The Kier molecular flexibility index (Phi) is 1.27. The number of pyridine rings is 1. The summed E-state index contributed by atoms with van der Waals surface area (Å²) in [6.45, 7) is 0. The first-order valence-electron chi connectivity index (χ1n) is 4.54. The Morgan fingerprint density at radius 1 is 1.46 bits per heavy atom. The Bertz CT molecular complexity index is 446. The third-order valence-electron chi connectivity index (χ3n) is 2.67. The summed E-state index contributed by atoms with van der Waals surface area (Å²) in [5.41, 5.74) is 8.07. The van der Waals surface area contributed by atoms with Crippen molar-refractivity contribution in [1.82, 2.24) is 9.38 Å². The Morgan fingerprint density at radius 2 is 2.31 bits per heavy atom. The minimum absolute atomic E-state index is 0.347. The molecule has 3 rings (SSSR count). The number of aromatic nitrogens is 2. The molecule has 1 aliphatic rings. The Hall–Kier alpha value is -1.35. The predicted molar refractivity (Wildman–Crippen MR) is 50.5 cm³/mol. The molecule has 1 saturated carbocycles. The molecule has 2 aromatic heterocycles. The number of hydrogen-bond acceptors (Lipinski definition) is 2. The second-order valence-corrected chi connectivity index (χ2v) is 3.62. The van der Waals surface area contributed by atoms with Crippen LogP contribution in [-0.2, 0) is 0 Å². The average molecular weight is 173 g/mol. The summed E-state index contributed by atoms with van der Waals surface area (Å²) in [5, 5.41) is 0. The van der Waals surface area contributed by atoms with E-state index in [1.54, 1.807) is 0 Å². The maximum absolute atomic E-state index is 5.81. The Labute approximate surface area is 76.2 Å². The maximum Gasteiger partial charge on any atom is 0.136 e. The summed E-state index contributed by atoms with van der Waals surface area (Å²) in [6, 6.07) is 6.38. The van der Waals surface area contributed by atoms with Crippen LogP contribution in [0.5, 0.6) is 0 Å². The number of nitrogens with two attached hydrogens (primary N) is 1. The van der Waals surface area contributed by atoms with E-state index in [1.807, 2.05) is 30.6 Å². The van der Waals surface area contributed by atoms with Gasteiger partial charge in [-0.1, -0.05) is 6.07 Å². The van der Waals surface area contributed by atoms with Crippen LogP contribution in [0.3, 0.4) is 0 Å². The van der Waals surface area contributed by atoms with E-state index in [-0.39, 0.29) is 0 Å². The highest BCUT2D eigenvalue weighted by Crippen LogP contribution is 2.38. The number of nitrogens with zero attached hydrogens (tertiary/aromatic N) is 2. The van der Waals surface area contributed by atoms with Crippen molar-refractivity contribution >= 4 is 5.65 Å². The predicted octanol–water partition coefficient (Wildman–Crippen LogP) is 1.15. The fourth-order valence-corrected chi connectivity index (χ4v) is 1.78. The minimum atomic E-state index is 0.347. The van der Waals surface area contributed by atoms with Crippen LogP contribution >= 0.6 is 0 Å². The number of rotatable bonds is 1. The van der Waals surface area contributed by atoms with Crippen molar-refractivity contribution in [3.05, 3.63) is 36.3 Å². The molecule has 0 aromatic carbocycles. The molecule has 1 fully saturated rings. The standard InChI is InChI=1S/C10H11N3/c11-8-5-7(8)9-6-12-10-3-1-2-4-13(9)10/h1-4,6-8H,5,11H2. The zero-order valence-corrected chi connectivity index (χ0v) is 7.22. The van der Waals surface area contributed by atoms with Gasteiger partial charge in [0.2, 0.25) is 0 Å². The summed E-state index contributed by atoms with van der Waals surface area (Å²) < 4.78 is 2.12. The van der Waals surface area contributed by atoms with Crippen LogP contribution in [0.1, 0.15) is 18.0 Å². The lowest BCUT2D eigenvalue weighted by molar-refractivity contribution is 0.925. The van der Waals surface area contributed by atoms with Crippen LogP contribution in [0.2, 0.25) is 0 Å². The average Bonchev–Trinajstić information content (AvgIpc) is 2.74. The highest BCUT2D eigenvalue weighted by atomic mass is 15.0. The molecule has 2 aromatic rings. The first-order chi connectivity index (χ1) is 6.36. The van der Waals surface area contributed by atoms with E-state index in [2.05, 4.69) is 9.38 Å². The van der Waals surface area contributed by atoms with Gasteiger partial charge < -0.3 is 10.1 Å². The fourth-order valence-electron chi connectivity index (χ4n) is 1.78. The fraction of sp³-hybridized carbons (Fsp3) is 0.300. The van der Waals surface area contributed by atoms with E-state index >= 15 is 0 Å². The largest absolute Gasteiger partial charge is 0.327 e. The van der Waals surface area contributed by atoms with Crippen LogP contribution in [0.25, 0.3) is 5.65 Å². The first-order valence-corrected chi connectivity index (χ1v) is 4.54. The van der Waals surface area contributed by atoms with E-state index in [0.717, 1.165) is 12.1 Å². The topological polar surface area (TPSA) is 43.3 Å². The molecule has 2 N–H and O–H groups in total. The number of imidazole rings is 1. The number of fused-ring (bicyclic) bond motifs is 1. The normalized spacial score (nSPS) is 26.5. The van der Waals surface area contributed by atoms with Gasteiger partial charge in [0.05, 0.1) is 0 Å². The van der Waals surface area contributed by atoms with E-state index in [0.29, 0.717) is 12.0 Å². The lowest BCUT2D eigenvalue weighted by atomic mass is 10.3. The van der Waals surface area contributed by atoms with E-state index in [4.69, 9.17) is 5.73 Å². The van der Waals surface area contributed by atoms with Crippen LogP contribution in [0.4, 0.5) is 0 Å². The minimum Gasteiger partial charge on any atom is -0.327 e. The molecule has 2 unspecified atom stereocenters. The summed E-state index contributed by atoms with van der Waals surface area (Å²) in [6.07, 6.45) is 5.08. The second-order valence-electron chi connectivity index (χ2n) is 3.62. The second kappa shape index (κ2) is 2.33. The van der Waals surface area contributed by atoms with Gasteiger partial charge >= 0.3 is 0 Å². The van der Waals surface area contributed by atoms with Gasteiger partial charge in [-0.2, -0.15) is 0 Å². The molecule has 0 bridgehead atoms. The quantitative estimate of drug-likeness (QED) is 0.703. The molecular weight excluding hydrogens is 162 g/mol. The van der Waals surface area contributed by atoms with Crippen LogP contribution in [0, 0.1) is 0 Å². The highest BCUT2D eigenvalue weighted by Gasteiger charge is 2.36. The summed E-state index contributed by atoms with van der Waals surface area (Å²) in [5.74, 6) is 0.525. The van der Waals surface area contributed by atoms with Gasteiger partial charge in [-0.3, -0.25) is 0 Å². The third-order valence-corrected chi connectivity index (χ3v) is 2.67. The molecule has 0 aliphatic heterocycles. The van der Waals surface area contributed by atoms with Crippen molar-refractivity contribution in [2.24, 2.45) is 5.73 Å². The maximum atomic E-state index is 5.81. The first kappa shape index (κ1) is 7.09. The summed E-state index contributed by atoms with van der Waals surface area (Å²) >= 11 is 0. The van der Waals surface area contributed by atoms with Crippen molar-refractivity contribution < 1.29 is 0 Å². The van der Waals surface area contributed by atoms with Gasteiger partial charge in [0.1, 0.15) is 5.65 Å². The highest BCUT2D eigenvalue weighted by molar-refractivity contribution is 5.42. The zero-order chi connectivity index (χ0) is 8.84. The third kappa shape index (κ3) is 0.971. The van der Waals surface area contributed by atoms with E-state index in [1.165, 1.54) is 5.69 Å². The molecule has 3 heteroatoms. The molecule has 1 aliphatic carbocycles. The SMILES string of the molecule is NC1CC1c1cnc2ccccn12. The van der Waals surface area contributed by atoms with Gasteiger partial charge in [-0.15, -0.1) is 0 Å². The molecule has 0 radical (unpaired) electrons. The smallest absolute Gasteiger partial charge is 0.136 e. The molecule has 0 saturated heterocycles. The molecule has 13 heavy (non-hydrogen) atoms. The van der Waals surface area contributed by atoms with Crippen LogP contribution < -0.4 is 5.73 Å². The van der Waals surface area contributed by atoms with Gasteiger partial charge in [0, 0.05) is 30.0 Å². The summed E-state index contributed by atoms with van der Waals surface area (Å²) in [7, 11) is 0. The van der Waals surface area contributed by atoms with E-state index < -0.39 is 0 Å². The molecular formula is C10H11N3. The molecule has 0 spiro atoms. The van der Waals surface area contributed by atoms with Crippen molar-refractivity contribution in [3.8, 4) is 0 Å². The van der Waals surface area contributed by atoms with Gasteiger partial charge in [0.25, 0.3) is 0 Å². The van der Waals surface area contributed by atoms with Crippen molar-refractivity contribution in [2.75, 3.05) is 0 Å². The van der Waals surface area contributed by atoms with Crippen molar-refractivity contribution in [1.29, 1.82) is 0 Å². The molecule has 2 heterocycles. The molecule has 2 atom stereocenters. The van der Waals surface area contributed by atoms with Crippen LogP contribution in [-0.4, -0.2) is 15.4 Å². The lowest BCUT2D eigenvalue weighted by Gasteiger charge is -1.97. The van der Waals surface area contributed by atoms with Gasteiger partial charge in [-0.25, -0.2) is 4.98 Å².